The molecule has 11 heteroatoms. The van der Waals surface area contributed by atoms with Crippen molar-refractivity contribution in [2.24, 2.45) is 0 Å². The summed E-state index contributed by atoms with van der Waals surface area (Å²) in [6, 6.07) is 5.56. The predicted octanol–water partition coefficient (Wildman–Crippen LogP) is 1.08. The lowest BCUT2D eigenvalue weighted by Crippen LogP contribution is -2.46. The number of aliphatic hydroxyl groups excluding tert-OH is 1. The number of amides is 1. The van der Waals surface area contributed by atoms with Crippen molar-refractivity contribution < 1.29 is 14.3 Å². The van der Waals surface area contributed by atoms with Crippen LogP contribution in [0.2, 0.25) is 0 Å². The van der Waals surface area contributed by atoms with Crippen LogP contribution in [0.25, 0.3) is 16.9 Å². The molecule has 0 aliphatic carbocycles. The lowest BCUT2D eigenvalue weighted by atomic mass is 10.1. The number of aliphatic hydroxyl groups is 1. The van der Waals surface area contributed by atoms with E-state index in [0.29, 0.717) is 32.0 Å². The van der Waals surface area contributed by atoms with Gasteiger partial charge in [0.05, 0.1) is 17.3 Å². The van der Waals surface area contributed by atoms with E-state index in [9.17, 15) is 9.90 Å². The van der Waals surface area contributed by atoms with Crippen LogP contribution in [-0.4, -0.2) is 99.4 Å². The van der Waals surface area contributed by atoms with E-state index in [4.69, 9.17) is 0 Å². The van der Waals surface area contributed by atoms with Gasteiger partial charge in [0.15, 0.2) is 17.5 Å². The highest BCUT2D eigenvalue weighted by Crippen LogP contribution is 2.30. The fourth-order valence-electron chi connectivity index (χ4n) is 4.60. The molecule has 34 heavy (non-hydrogen) atoms. The standard InChI is InChI=1S/C23H29FN8O2/c1-29-9-11-30(12-10-29)23-20(24)22(26-16-5-4-7-31(14-16)19(34)15-33)27-21(28-23)17-13-25-32-8-3-2-6-18(17)32/h2-3,6,8,13,16,33H,4-5,7,9-12,14-15H2,1H3,(H,26,27,28)/t16-/m1/s1. The highest BCUT2D eigenvalue weighted by Gasteiger charge is 2.28. The number of rotatable bonds is 5. The normalized spacial score (nSPS) is 19.6. The van der Waals surface area contributed by atoms with Crippen molar-refractivity contribution in [2.75, 3.05) is 63.1 Å². The zero-order valence-corrected chi connectivity index (χ0v) is 19.2. The average Bonchev–Trinajstić information content (AvgIpc) is 3.30. The fraction of sp³-hybridized carbons (Fsp3) is 0.478. The molecule has 0 bridgehead atoms. The minimum atomic E-state index is -0.527. The van der Waals surface area contributed by atoms with E-state index < -0.39 is 12.4 Å². The first-order valence-electron chi connectivity index (χ1n) is 11.6. The highest BCUT2D eigenvalue weighted by molar-refractivity contribution is 5.78. The van der Waals surface area contributed by atoms with Gasteiger partial charge in [-0.25, -0.2) is 14.5 Å². The van der Waals surface area contributed by atoms with Gasteiger partial charge in [-0.3, -0.25) is 4.79 Å². The van der Waals surface area contributed by atoms with E-state index in [1.54, 1.807) is 15.6 Å². The topological polar surface area (TPSA) is 102 Å². The van der Waals surface area contributed by atoms with Crippen molar-refractivity contribution in [3.63, 3.8) is 0 Å². The summed E-state index contributed by atoms with van der Waals surface area (Å²) in [6.07, 6.45) is 5.08. The van der Waals surface area contributed by atoms with E-state index >= 15 is 4.39 Å². The lowest BCUT2D eigenvalue weighted by molar-refractivity contribution is -0.135. The first-order chi connectivity index (χ1) is 16.5. The van der Waals surface area contributed by atoms with Gasteiger partial charge in [0.2, 0.25) is 11.7 Å². The Morgan fingerprint density at radius 1 is 1.21 bits per heavy atom. The summed E-state index contributed by atoms with van der Waals surface area (Å²) >= 11 is 0. The Balaban J connectivity index is 1.52. The first kappa shape index (κ1) is 22.5. The Labute approximate surface area is 197 Å². The number of likely N-dealkylation sites (N-methyl/N-ethyl adjacent to an activating group) is 1. The molecule has 3 aromatic rings. The van der Waals surface area contributed by atoms with Gasteiger partial charge in [-0.2, -0.15) is 9.49 Å². The number of hydrogen-bond acceptors (Lipinski definition) is 8. The molecule has 180 valence electrons. The summed E-state index contributed by atoms with van der Waals surface area (Å²) in [5.74, 6) is -0.0131. The molecule has 1 atom stereocenters. The molecule has 0 spiro atoms. The van der Waals surface area contributed by atoms with Crippen LogP contribution in [0.5, 0.6) is 0 Å². The summed E-state index contributed by atoms with van der Waals surface area (Å²) in [6.45, 7) is 3.42. The average molecular weight is 469 g/mol. The molecule has 0 unspecified atom stereocenters. The number of fused-ring (bicyclic) bond motifs is 1. The van der Waals surface area contributed by atoms with Crippen LogP contribution in [0.1, 0.15) is 12.8 Å². The zero-order valence-electron chi connectivity index (χ0n) is 19.2. The fourth-order valence-corrected chi connectivity index (χ4v) is 4.60. The summed E-state index contributed by atoms with van der Waals surface area (Å²) < 4.78 is 17.5. The molecule has 2 saturated heterocycles. The molecule has 10 nitrogen and oxygen atoms in total. The van der Waals surface area contributed by atoms with Gasteiger partial charge in [0, 0.05) is 51.5 Å². The molecule has 2 aliphatic heterocycles. The maximum atomic E-state index is 15.8. The van der Waals surface area contributed by atoms with Gasteiger partial charge in [-0.05, 0) is 32.0 Å². The Morgan fingerprint density at radius 2 is 2.03 bits per heavy atom. The Morgan fingerprint density at radius 3 is 2.82 bits per heavy atom. The van der Waals surface area contributed by atoms with Crippen molar-refractivity contribution in [1.82, 2.24) is 29.4 Å². The first-order valence-corrected chi connectivity index (χ1v) is 11.6. The second kappa shape index (κ2) is 9.51. The van der Waals surface area contributed by atoms with E-state index in [2.05, 4.69) is 25.3 Å². The third-order valence-electron chi connectivity index (χ3n) is 6.55. The third kappa shape index (κ3) is 4.40. The number of carbonyl (C=O) groups is 1. The molecule has 0 aromatic carbocycles. The largest absolute Gasteiger partial charge is 0.387 e. The number of piperazine rings is 1. The van der Waals surface area contributed by atoms with Crippen molar-refractivity contribution in [3.8, 4) is 11.4 Å². The van der Waals surface area contributed by atoms with Crippen LogP contribution in [0.15, 0.2) is 30.6 Å². The number of nitrogens with zero attached hydrogens (tertiary/aromatic N) is 7. The Bertz CT molecular complexity index is 1180. The van der Waals surface area contributed by atoms with Gasteiger partial charge < -0.3 is 25.1 Å². The number of halogens is 1. The number of hydrogen-bond donors (Lipinski definition) is 2. The monoisotopic (exact) mass is 468 g/mol. The maximum absolute atomic E-state index is 15.8. The highest BCUT2D eigenvalue weighted by atomic mass is 19.1. The van der Waals surface area contributed by atoms with Gasteiger partial charge in [0.1, 0.15) is 6.61 Å². The maximum Gasteiger partial charge on any atom is 0.248 e. The van der Waals surface area contributed by atoms with Crippen molar-refractivity contribution in [3.05, 3.63) is 36.4 Å². The molecule has 5 heterocycles. The molecule has 0 saturated carbocycles. The Kier molecular flexibility index (Phi) is 6.29. The van der Waals surface area contributed by atoms with Gasteiger partial charge in [0.25, 0.3) is 0 Å². The van der Waals surface area contributed by atoms with Crippen LogP contribution in [-0.2, 0) is 4.79 Å². The molecule has 2 N–H and O–H groups in total. The quantitative estimate of drug-likeness (QED) is 0.574. The molecular weight excluding hydrogens is 439 g/mol. The van der Waals surface area contributed by atoms with Gasteiger partial charge in [-0.1, -0.05) is 6.07 Å². The van der Waals surface area contributed by atoms with E-state index in [0.717, 1.165) is 37.0 Å². The number of likely N-dealkylation sites (tertiary alicyclic amines) is 1. The summed E-state index contributed by atoms with van der Waals surface area (Å²) in [5, 5.41) is 16.8. The molecular formula is C23H29FN8O2. The summed E-state index contributed by atoms with van der Waals surface area (Å²) in [7, 11) is 2.05. The second-order valence-corrected chi connectivity index (χ2v) is 8.89. The predicted molar refractivity (Wildman–Crippen MR) is 126 cm³/mol. The van der Waals surface area contributed by atoms with Crippen LogP contribution in [0, 0.1) is 5.82 Å². The smallest absolute Gasteiger partial charge is 0.248 e. The molecule has 0 radical (unpaired) electrons. The number of aromatic nitrogens is 4. The van der Waals surface area contributed by atoms with Crippen molar-refractivity contribution in [2.45, 2.75) is 18.9 Å². The number of carbonyl (C=O) groups excluding carboxylic acids is 1. The van der Waals surface area contributed by atoms with E-state index in [1.807, 2.05) is 36.3 Å². The lowest BCUT2D eigenvalue weighted by Gasteiger charge is -2.35. The number of pyridine rings is 1. The SMILES string of the molecule is CN1CCN(c2nc(-c3cnn4ccccc34)nc(N[C@@H]3CCCN(C(=O)CO)C3)c2F)CC1. The third-order valence-corrected chi connectivity index (χ3v) is 6.55. The molecule has 1 amide bonds. The number of anilines is 2. The minimum absolute atomic E-state index is 0.123. The second-order valence-electron chi connectivity index (χ2n) is 8.89. The van der Waals surface area contributed by atoms with E-state index in [1.165, 1.54) is 0 Å². The van der Waals surface area contributed by atoms with Crippen molar-refractivity contribution >= 4 is 23.1 Å². The summed E-state index contributed by atoms with van der Waals surface area (Å²) in [5.41, 5.74) is 1.56. The minimum Gasteiger partial charge on any atom is -0.387 e. The van der Waals surface area contributed by atoms with Crippen LogP contribution in [0.4, 0.5) is 16.0 Å². The number of nitrogens with one attached hydrogen (secondary N) is 1. The van der Waals surface area contributed by atoms with Crippen LogP contribution in [0.3, 0.4) is 0 Å². The molecule has 2 aliphatic rings. The number of piperidine rings is 1. The van der Waals surface area contributed by atoms with Crippen LogP contribution < -0.4 is 10.2 Å². The van der Waals surface area contributed by atoms with E-state index in [-0.39, 0.29) is 23.6 Å². The molecule has 2 fully saturated rings. The van der Waals surface area contributed by atoms with Crippen LogP contribution >= 0.6 is 0 Å². The molecule has 3 aromatic heterocycles. The zero-order chi connectivity index (χ0) is 23.7. The van der Waals surface area contributed by atoms with Crippen molar-refractivity contribution in [1.29, 1.82) is 0 Å². The van der Waals surface area contributed by atoms with Gasteiger partial charge in [-0.15, -0.1) is 0 Å². The Hall–Kier alpha value is -3.31. The van der Waals surface area contributed by atoms with Gasteiger partial charge >= 0.3 is 0 Å². The summed E-state index contributed by atoms with van der Waals surface area (Å²) in [4.78, 5) is 27.0. The molecule has 5 rings (SSSR count).